The van der Waals surface area contributed by atoms with Crippen molar-refractivity contribution in [1.29, 1.82) is 0 Å². The summed E-state index contributed by atoms with van der Waals surface area (Å²) in [5, 5.41) is 3.88. The van der Waals surface area contributed by atoms with E-state index in [0.717, 1.165) is 31.7 Å². The quantitative estimate of drug-likeness (QED) is 0.812. The molecule has 0 bridgehead atoms. The second kappa shape index (κ2) is 8.80. The number of carbonyl (C=O) groups excluding carboxylic acids is 2. The van der Waals surface area contributed by atoms with Gasteiger partial charge in [-0.05, 0) is 43.2 Å². The summed E-state index contributed by atoms with van der Waals surface area (Å²) >= 11 is 12.0. The van der Waals surface area contributed by atoms with E-state index < -0.39 is 0 Å². The number of anilines is 2. The lowest BCUT2D eigenvalue weighted by Crippen LogP contribution is -2.38. The minimum Gasteiger partial charge on any atom is -0.357 e. The van der Waals surface area contributed by atoms with E-state index in [-0.39, 0.29) is 17.7 Å². The van der Waals surface area contributed by atoms with Crippen LogP contribution >= 0.6 is 23.2 Å². The molecule has 1 aromatic heterocycles. The molecule has 28 heavy (non-hydrogen) atoms. The van der Waals surface area contributed by atoms with Crippen molar-refractivity contribution in [2.45, 2.75) is 12.8 Å². The Bertz CT molecular complexity index is 863. The SMILES string of the molecule is CN(C)C(=O)c1cc(NC(=O)C2CCN(c3ccc(Cl)cn3)CC2)ccc1Cl. The average Bonchev–Trinajstić information content (AvgIpc) is 2.69. The van der Waals surface area contributed by atoms with Crippen molar-refractivity contribution >= 4 is 46.5 Å². The van der Waals surface area contributed by atoms with Gasteiger partial charge in [0.15, 0.2) is 0 Å². The number of nitrogens with one attached hydrogen (secondary N) is 1. The lowest BCUT2D eigenvalue weighted by molar-refractivity contribution is -0.120. The number of benzene rings is 1. The molecule has 2 aromatic rings. The van der Waals surface area contributed by atoms with Gasteiger partial charge in [0.25, 0.3) is 5.91 Å². The summed E-state index contributed by atoms with van der Waals surface area (Å²) in [6.07, 6.45) is 3.09. The highest BCUT2D eigenvalue weighted by atomic mass is 35.5. The van der Waals surface area contributed by atoms with E-state index in [1.165, 1.54) is 4.90 Å². The first kappa shape index (κ1) is 20.4. The van der Waals surface area contributed by atoms with Gasteiger partial charge in [-0.15, -0.1) is 0 Å². The minimum atomic E-state index is -0.204. The summed E-state index contributed by atoms with van der Waals surface area (Å²) in [6, 6.07) is 8.66. The highest BCUT2D eigenvalue weighted by Gasteiger charge is 2.26. The van der Waals surface area contributed by atoms with E-state index in [2.05, 4.69) is 15.2 Å². The predicted molar refractivity (Wildman–Crippen MR) is 112 cm³/mol. The van der Waals surface area contributed by atoms with Crippen LogP contribution in [0.5, 0.6) is 0 Å². The van der Waals surface area contributed by atoms with Gasteiger partial charge in [0.1, 0.15) is 5.82 Å². The summed E-state index contributed by atoms with van der Waals surface area (Å²) in [6.45, 7) is 1.50. The molecule has 1 aliphatic rings. The number of carbonyl (C=O) groups is 2. The molecule has 6 nitrogen and oxygen atoms in total. The first-order chi connectivity index (χ1) is 13.3. The maximum atomic E-state index is 12.7. The Morgan fingerprint density at radius 2 is 1.86 bits per heavy atom. The van der Waals surface area contributed by atoms with Gasteiger partial charge in [0, 0.05) is 45.0 Å². The standard InChI is InChI=1S/C20H22Cl2N4O2/c1-25(2)20(28)16-11-15(4-5-17(16)22)24-19(27)13-7-9-26(10-8-13)18-6-3-14(21)12-23-18/h3-6,11-13H,7-10H2,1-2H3,(H,24,27). The highest BCUT2D eigenvalue weighted by molar-refractivity contribution is 6.34. The second-order valence-electron chi connectivity index (χ2n) is 6.98. The molecular formula is C20H22Cl2N4O2. The molecule has 0 radical (unpaired) electrons. The molecule has 1 aliphatic heterocycles. The molecule has 1 saturated heterocycles. The Morgan fingerprint density at radius 3 is 2.46 bits per heavy atom. The number of hydrogen-bond acceptors (Lipinski definition) is 4. The Labute approximate surface area is 174 Å². The molecule has 8 heteroatoms. The van der Waals surface area contributed by atoms with Crippen molar-refractivity contribution < 1.29 is 9.59 Å². The zero-order chi connectivity index (χ0) is 20.3. The fraction of sp³-hybridized carbons (Fsp3) is 0.350. The number of amides is 2. The van der Waals surface area contributed by atoms with Crippen LogP contribution < -0.4 is 10.2 Å². The van der Waals surface area contributed by atoms with Crippen molar-refractivity contribution in [2.75, 3.05) is 37.4 Å². The summed E-state index contributed by atoms with van der Waals surface area (Å²) < 4.78 is 0. The number of pyridine rings is 1. The van der Waals surface area contributed by atoms with Crippen molar-refractivity contribution in [2.24, 2.45) is 5.92 Å². The lowest BCUT2D eigenvalue weighted by atomic mass is 9.95. The molecule has 0 aliphatic carbocycles. The molecular weight excluding hydrogens is 399 g/mol. The Morgan fingerprint density at radius 1 is 1.14 bits per heavy atom. The number of rotatable bonds is 4. The van der Waals surface area contributed by atoms with Crippen molar-refractivity contribution in [3.05, 3.63) is 52.1 Å². The van der Waals surface area contributed by atoms with E-state index in [1.807, 2.05) is 12.1 Å². The molecule has 1 fully saturated rings. The fourth-order valence-electron chi connectivity index (χ4n) is 3.18. The van der Waals surface area contributed by atoms with E-state index in [1.54, 1.807) is 38.5 Å². The van der Waals surface area contributed by atoms with Crippen LogP contribution in [0.3, 0.4) is 0 Å². The van der Waals surface area contributed by atoms with Crippen LogP contribution in [0.1, 0.15) is 23.2 Å². The maximum absolute atomic E-state index is 12.7. The summed E-state index contributed by atoms with van der Waals surface area (Å²) in [7, 11) is 3.32. The van der Waals surface area contributed by atoms with E-state index >= 15 is 0 Å². The van der Waals surface area contributed by atoms with Gasteiger partial charge in [-0.25, -0.2) is 4.98 Å². The Hall–Kier alpha value is -2.31. The van der Waals surface area contributed by atoms with Crippen LogP contribution in [0.2, 0.25) is 10.0 Å². The zero-order valence-corrected chi connectivity index (χ0v) is 17.3. The third-order valence-corrected chi connectivity index (χ3v) is 5.33. The molecule has 2 amide bonds. The maximum Gasteiger partial charge on any atom is 0.254 e. The van der Waals surface area contributed by atoms with Gasteiger partial charge < -0.3 is 15.1 Å². The number of hydrogen-bond donors (Lipinski definition) is 1. The molecule has 1 N–H and O–H groups in total. The molecule has 0 atom stereocenters. The van der Waals surface area contributed by atoms with Crippen molar-refractivity contribution in [1.82, 2.24) is 9.88 Å². The topological polar surface area (TPSA) is 65.5 Å². The molecule has 2 heterocycles. The van der Waals surface area contributed by atoms with Gasteiger partial charge >= 0.3 is 0 Å². The lowest BCUT2D eigenvalue weighted by Gasteiger charge is -2.32. The van der Waals surface area contributed by atoms with E-state index in [9.17, 15) is 9.59 Å². The zero-order valence-electron chi connectivity index (χ0n) is 15.8. The Kier molecular flexibility index (Phi) is 6.42. The molecule has 148 valence electrons. The molecule has 0 saturated carbocycles. The van der Waals surface area contributed by atoms with Crippen LogP contribution in [0.15, 0.2) is 36.5 Å². The summed E-state index contributed by atoms with van der Waals surface area (Å²) in [5.74, 6) is 0.527. The van der Waals surface area contributed by atoms with Gasteiger partial charge in [0.05, 0.1) is 15.6 Å². The van der Waals surface area contributed by atoms with Crippen LogP contribution in [-0.4, -0.2) is 48.9 Å². The minimum absolute atomic E-state index is 0.0470. The van der Waals surface area contributed by atoms with E-state index in [4.69, 9.17) is 23.2 Å². The van der Waals surface area contributed by atoms with Crippen LogP contribution in [0.4, 0.5) is 11.5 Å². The van der Waals surface area contributed by atoms with Crippen molar-refractivity contribution in [3.63, 3.8) is 0 Å². The third-order valence-electron chi connectivity index (χ3n) is 4.77. The smallest absolute Gasteiger partial charge is 0.254 e. The summed E-state index contributed by atoms with van der Waals surface area (Å²) in [5.41, 5.74) is 0.939. The summed E-state index contributed by atoms with van der Waals surface area (Å²) in [4.78, 5) is 32.8. The Balaban J connectivity index is 1.61. The van der Waals surface area contributed by atoms with Gasteiger partial charge in [-0.1, -0.05) is 23.2 Å². The molecule has 1 aromatic carbocycles. The number of nitrogens with zero attached hydrogens (tertiary/aromatic N) is 3. The second-order valence-corrected chi connectivity index (χ2v) is 7.82. The first-order valence-electron chi connectivity index (χ1n) is 9.03. The van der Waals surface area contributed by atoms with Crippen LogP contribution in [0, 0.1) is 5.92 Å². The monoisotopic (exact) mass is 420 g/mol. The molecule has 0 unspecified atom stereocenters. The van der Waals surface area contributed by atoms with Gasteiger partial charge in [-0.3, -0.25) is 9.59 Å². The number of aromatic nitrogens is 1. The largest absolute Gasteiger partial charge is 0.357 e. The van der Waals surface area contributed by atoms with Crippen LogP contribution in [0.25, 0.3) is 0 Å². The van der Waals surface area contributed by atoms with Gasteiger partial charge in [-0.2, -0.15) is 0 Å². The third kappa shape index (κ3) is 4.75. The molecule has 3 rings (SSSR count). The first-order valence-corrected chi connectivity index (χ1v) is 9.79. The highest BCUT2D eigenvalue weighted by Crippen LogP contribution is 2.26. The van der Waals surface area contributed by atoms with E-state index in [0.29, 0.717) is 21.3 Å². The average molecular weight is 421 g/mol. The number of piperidine rings is 1. The van der Waals surface area contributed by atoms with Crippen LogP contribution in [-0.2, 0) is 4.79 Å². The number of halogens is 2. The van der Waals surface area contributed by atoms with Crippen molar-refractivity contribution in [3.8, 4) is 0 Å². The fourth-order valence-corrected chi connectivity index (χ4v) is 3.49. The normalized spacial score (nSPS) is 14.6. The van der Waals surface area contributed by atoms with Gasteiger partial charge in [0.2, 0.25) is 5.91 Å². The molecule has 0 spiro atoms. The predicted octanol–water partition coefficient (Wildman–Crippen LogP) is 3.95.